The standard InChI is InChI=1S/C13H18N2O2/c1-8-5-10(14)6-9(2)13(8)17-7-12(16)15-11-3-4-11/h5-6,11H,3-4,7,14H2,1-2H3,(H,15,16). The molecule has 2 rings (SSSR count). The van der Waals surface area contributed by atoms with E-state index in [1.54, 1.807) is 0 Å². The molecule has 0 aliphatic heterocycles. The lowest BCUT2D eigenvalue weighted by Crippen LogP contribution is -2.30. The minimum Gasteiger partial charge on any atom is -0.483 e. The summed E-state index contributed by atoms with van der Waals surface area (Å²) in [4.78, 5) is 11.5. The van der Waals surface area contributed by atoms with Crippen molar-refractivity contribution in [2.45, 2.75) is 32.7 Å². The predicted octanol–water partition coefficient (Wildman–Crippen LogP) is 1.54. The number of nitrogens with one attached hydrogen (secondary N) is 1. The van der Waals surface area contributed by atoms with Crippen LogP contribution in [-0.2, 0) is 4.79 Å². The van der Waals surface area contributed by atoms with Gasteiger partial charge in [0.2, 0.25) is 0 Å². The Morgan fingerprint density at radius 1 is 1.41 bits per heavy atom. The fourth-order valence-electron chi connectivity index (χ4n) is 1.85. The highest BCUT2D eigenvalue weighted by Crippen LogP contribution is 2.25. The van der Waals surface area contributed by atoms with Crippen LogP contribution in [0.2, 0.25) is 0 Å². The van der Waals surface area contributed by atoms with Gasteiger partial charge in [0, 0.05) is 11.7 Å². The first-order valence-electron chi connectivity index (χ1n) is 5.85. The molecule has 1 fully saturated rings. The largest absolute Gasteiger partial charge is 0.483 e. The summed E-state index contributed by atoms with van der Waals surface area (Å²) >= 11 is 0. The lowest BCUT2D eigenvalue weighted by molar-refractivity contribution is -0.123. The third-order valence-corrected chi connectivity index (χ3v) is 2.77. The van der Waals surface area contributed by atoms with Crippen LogP contribution in [0, 0.1) is 13.8 Å². The number of anilines is 1. The van der Waals surface area contributed by atoms with Gasteiger partial charge in [0.05, 0.1) is 0 Å². The number of nitrogen functional groups attached to an aromatic ring is 1. The molecule has 4 heteroatoms. The maximum absolute atomic E-state index is 11.5. The number of rotatable bonds is 4. The second-order valence-electron chi connectivity index (χ2n) is 4.61. The minimum absolute atomic E-state index is 0.0527. The maximum atomic E-state index is 11.5. The summed E-state index contributed by atoms with van der Waals surface area (Å²) in [6.07, 6.45) is 2.18. The van der Waals surface area contributed by atoms with Gasteiger partial charge in [0.15, 0.2) is 6.61 Å². The molecule has 0 bridgehead atoms. The molecule has 1 aliphatic rings. The first-order valence-corrected chi connectivity index (χ1v) is 5.85. The molecule has 1 aromatic rings. The van der Waals surface area contributed by atoms with Gasteiger partial charge >= 0.3 is 0 Å². The Hall–Kier alpha value is -1.71. The average Bonchev–Trinajstić information content (AvgIpc) is 2.99. The third-order valence-electron chi connectivity index (χ3n) is 2.77. The monoisotopic (exact) mass is 234 g/mol. The molecule has 1 aromatic carbocycles. The number of benzene rings is 1. The van der Waals surface area contributed by atoms with Crippen molar-refractivity contribution in [2.24, 2.45) is 0 Å². The van der Waals surface area contributed by atoms with E-state index < -0.39 is 0 Å². The zero-order chi connectivity index (χ0) is 12.4. The van der Waals surface area contributed by atoms with Crippen molar-refractivity contribution >= 4 is 11.6 Å². The molecule has 17 heavy (non-hydrogen) atoms. The second kappa shape index (κ2) is 4.65. The van der Waals surface area contributed by atoms with Crippen molar-refractivity contribution in [1.82, 2.24) is 5.32 Å². The number of aryl methyl sites for hydroxylation is 2. The molecule has 1 aliphatic carbocycles. The highest BCUT2D eigenvalue weighted by atomic mass is 16.5. The van der Waals surface area contributed by atoms with Gasteiger partial charge in [-0.2, -0.15) is 0 Å². The summed E-state index contributed by atoms with van der Waals surface area (Å²) in [6, 6.07) is 4.07. The van der Waals surface area contributed by atoms with Crippen LogP contribution >= 0.6 is 0 Å². The van der Waals surface area contributed by atoms with Crippen LogP contribution in [0.3, 0.4) is 0 Å². The number of hydrogen-bond acceptors (Lipinski definition) is 3. The number of carbonyl (C=O) groups is 1. The maximum Gasteiger partial charge on any atom is 0.258 e. The first kappa shape index (κ1) is 11.8. The van der Waals surface area contributed by atoms with E-state index in [-0.39, 0.29) is 12.5 Å². The van der Waals surface area contributed by atoms with Gasteiger partial charge in [0.25, 0.3) is 5.91 Å². The molecule has 0 unspecified atom stereocenters. The molecule has 4 nitrogen and oxygen atoms in total. The highest BCUT2D eigenvalue weighted by molar-refractivity contribution is 5.78. The zero-order valence-corrected chi connectivity index (χ0v) is 10.2. The Morgan fingerprint density at radius 3 is 2.53 bits per heavy atom. The van der Waals surface area contributed by atoms with Crippen molar-refractivity contribution in [1.29, 1.82) is 0 Å². The first-order chi connectivity index (χ1) is 8.06. The zero-order valence-electron chi connectivity index (χ0n) is 10.2. The molecule has 0 heterocycles. The molecule has 0 saturated heterocycles. The molecule has 3 N–H and O–H groups in total. The molecular formula is C13H18N2O2. The van der Waals surface area contributed by atoms with Crippen LogP contribution in [0.5, 0.6) is 5.75 Å². The summed E-state index contributed by atoms with van der Waals surface area (Å²) < 4.78 is 5.55. The van der Waals surface area contributed by atoms with Crippen LogP contribution in [0.1, 0.15) is 24.0 Å². The quantitative estimate of drug-likeness (QED) is 0.777. The molecule has 1 saturated carbocycles. The van der Waals surface area contributed by atoms with E-state index in [2.05, 4.69) is 5.32 Å². The highest BCUT2D eigenvalue weighted by Gasteiger charge is 2.23. The van der Waals surface area contributed by atoms with Crippen molar-refractivity contribution in [2.75, 3.05) is 12.3 Å². The Kier molecular flexibility index (Phi) is 3.22. The Bertz CT molecular complexity index is 416. The van der Waals surface area contributed by atoms with Crippen LogP contribution in [0.15, 0.2) is 12.1 Å². The predicted molar refractivity (Wildman–Crippen MR) is 67.0 cm³/mol. The normalized spacial score (nSPS) is 14.5. The van der Waals surface area contributed by atoms with Crippen molar-refractivity contribution < 1.29 is 9.53 Å². The van der Waals surface area contributed by atoms with E-state index in [1.807, 2.05) is 26.0 Å². The Morgan fingerprint density at radius 2 is 2.00 bits per heavy atom. The van der Waals surface area contributed by atoms with E-state index in [4.69, 9.17) is 10.5 Å². The molecule has 0 atom stereocenters. The number of amides is 1. The Balaban J connectivity index is 1.95. The van der Waals surface area contributed by atoms with E-state index >= 15 is 0 Å². The number of carbonyl (C=O) groups excluding carboxylic acids is 1. The van der Waals surface area contributed by atoms with E-state index in [1.165, 1.54) is 0 Å². The number of hydrogen-bond donors (Lipinski definition) is 2. The van der Waals surface area contributed by atoms with Gasteiger partial charge in [-0.15, -0.1) is 0 Å². The van der Waals surface area contributed by atoms with Gasteiger partial charge in [-0.25, -0.2) is 0 Å². The molecular weight excluding hydrogens is 216 g/mol. The van der Waals surface area contributed by atoms with E-state index in [9.17, 15) is 4.79 Å². The Labute approximate surface area is 101 Å². The van der Waals surface area contributed by atoms with Crippen LogP contribution < -0.4 is 15.8 Å². The third kappa shape index (κ3) is 3.12. The van der Waals surface area contributed by atoms with Gasteiger partial charge < -0.3 is 15.8 Å². The van der Waals surface area contributed by atoms with Crippen LogP contribution in [-0.4, -0.2) is 18.6 Å². The van der Waals surface area contributed by atoms with Crippen LogP contribution in [0.25, 0.3) is 0 Å². The second-order valence-corrected chi connectivity index (χ2v) is 4.61. The topological polar surface area (TPSA) is 64.3 Å². The smallest absolute Gasteiger partial charge is 0.258 e. The lowest BCUT2D eigenvalue weighted by atomic mass is 10.1. The molecule has 0 radical (unpaired) electrons. The van der Waals surface area contributed by atoms with Crippen molar-refractivity contribution in [3.05, 3.63) is 23.3 Å². The fraction of sp³-hybridized carbons (Fsp3) is 0.462. The summed E-state index contributed by atoms with van der Waals surface area (Å²) in [5.41, 5.74) is 8.36. The number of nitrogens with two attached hydrogens (primary N) is 1. The minimum atomic E-state index is -0.0527. The lowest BCUT2D eigenvalue weighted by Gasteiger charge is -2.12. The van der Waals surface area contributed by atoms with E-state index in [0.29, 0.717) is 6.04 Å². The average molecular weight is 234 g/mol. The van der Waals surface area contributed by atoms with Crippen molar-refractivity contribution in [3.8, 4) is 5.75 Å². The summed E-state index contributed by atoms with van der Waals surface area (Å²) in [7, 11) is 0. The van der Waals surface area contributed by atoms with E-state index in [0.717, 1.165) is 35.4 Å². The molecule has 0 aromatic heterocycles. The fourth-order valence-corrected chi connectivity index (χ4v) is 1.85. The molecule has 0 spiro atoms. The summed E-state index contributed by atoms with van der Waals surface area (Å²) in [5, 5.41) is 2.89. The number of ether oxygens (including phenoxy) is 1. The van der Waals surface area contributed by atoms with Gasteiger partial charge in [0.1, 0.15) is 5.75 Å². The molecule has 1 amide bonds. The van der Waals surface area contributed by atoms with Crippen LogP contribution in [0.4, 0.5) is 5.69 Å². The summed E-state index contributed by atoms with van der Waals surface area (Å²) in [6.45, 7) is 3.93. The van der Waals surface area contributed by atoms with Gasteiger partial charge in [-0.05, 0) is 49.9 Å². The van der Waals surface area contributed by atoms with Gasteiger partial charge in [-0.3, -0.25) is 4.79 Å². The molecule has 92 valence electrons. The summed E-state index contributed by atoms with van der Waals surface area (Å²) in [5.74, 6) is 0.702. The van der Waals surface area contributed by atoms with Crippen molar-refractivity contribution in [3.63, 3.8) is 0 Å². The SMILES string of the molecule is Cc1cc(N)cc(C)c1OCC(=O)NC1CC1. The van der Waals surface area contributed by atoms with Gasteiger partial charge in [-0.1, -0.05) is 0 Å².